The Labute approximate surface area is 137 Å². The van der Waals surface area contributed by atoms with Crippen molar-refractivity contribution >= 4 is 15.9 Å². The van der Waals surface area contributed by atoms with Crippen LogP contribution in [0, 0.1) is 0 Å². The summed E-state index contributed by atoms with van der Waals surface area (Å²) in [6, 6.07) is 7.30. The molecule has 7 heteroatoms. The van der Waals surface area contributed by atoms with E-state index in [0.717, 1.165) is 11.1 Å². The van der Waals surface area contributed by atoms with Crippen LogP contribution in [0.15, 0.2) is 24.3 Å². The van der Waals surface area contributed by atoms with E-state index in [2.05, 4.69) is 5.32 Å². The number of rotatable bonds is 6. The summed E-state index contributed by atoms with van der Waals surface area (Å²) in [6.45, 7) is 3.49. The van der Waals surface area contributed by atoms with Crippen LogP contribution < -0.4 is 5.32 Å². The lowest BCUT2D eigenvalue weighted by molar-refractivity contribution is 0.133. The average Bonchev–Trinajstić information content (AvgIpc) is 2.90. The zero-order chi connectivity index (χ0) is 16.9. The molecule has 0 radical (unpaired) electrons. The van der Waals surface area contributed by atoms with Gasteiger partial charge in [-0.15, -0.1) is 0 Å². The minimum absolute atomic E-state index is 0.0534. The predicted octanol–water partition coefficient (Wildman–Crippen LogP) is 1.55. The number of nitrogens with one attached hydrogen (secondary N) is 1. The van der Waals surface area contributed by atoms with Crippen molar-refractivity contribution in [3.63, 3.8) is 0 Å². The first-order valence-corrected chi connectivity index (χ1v) is 9.60. The van der Waals surface area contributed by atoms with E-state index in [9.17, 15) is 13.2 Å². The van der Waals surface area contributed by atoms with Gasteiger partial charge in [-0.05, 0) is 24.5 Å². The molecule has 23 heavy (non-hydrogen) atoms. The molecule has 0 aliphatic carbocycles. The number of hydrogen-bond acceptors (Lipinski definition) is 4. The second kappa shape index (κ2) is 7.79. The van der Waals surface area contributed by atoms with E-state index in [4.69, 9.17) is 4.74 Å². The standard InChI is InChI=1S/C16H24N2O4S/c1-3-22-11-14-7-5-4-6-13(14)10-17-16(19)18(2)15-8-9-23(20,21)12-15/h4-7,15H,3,8-12H2,1-2H3,(H,17,19)/t15-/m0/s1. The van der Waals surface area contributed by atoms with E-state index in [-0.39, 0.29) is 23.6 Å². The van der Waals surface area contributed by atoms with Crippen LogP contribution in [-0.2, 0) is 27.7 Å². The second-order valence-corrected chi connectivity index (χ2v) is 7.96. The van der Waals surface area contributed by atoms with Crippen molar-refractivity contribution in [1.29, 1.82) is 0 Å². The summed E-state index contributed by atoms with van der Waals surface area (Å²) in [5.74, 6) is 0.213. The molecule has 2 amide bonds. The Morgan fingerprint density at radius 2 is 2.04 bits per heavy atom. The Morgan fingerprint density at radius 1 is 1.35 bits per heavy atom. The van der Waals surface area contributed by atoms with Crippen molar-refractivity contribution in [2.24, 2.45) is 0 Å². The molecule has 1 heterocycles. The number of benzene rings is 1. The number of nitrogens with zero attached hydrogens (tertiary/aromatic N) is 1. The van der Waals surface area contributed by atoms with Gasteiger partial charge < -0.3 is 15.0 Å². The van der Waals surface area contributed by atoms with Gasteiger partial charge in [0.05, 0.1) is 18.1 Å². The van der Waals surface area contributed by atoms with Gasteiger partial charge in [0.25, 0.3) is 0 Å². The molecule has 6 nitrogen and oxygen atoms in total. The summed E-state index contributed by atoms with van der Waals surface area (Å²) in [6.07, 6.45) is 0.507. The first-order valence-electron chi connectivity index (χ1n) is 7.78. The summed E-state index contributed by atoms with van der Waals surface area (Å²) < 4.78 is 28.5. The molecule has 0 spiro atoms. The Kier molecular flexibility index (Phi) is 6.01. The number of carbonyl (C=O) groups excluding carboxylic acids is 1. The minimum atomic E-state index is -3.00. The van der Waals surface area contributed by atoms with Gasteiger partial charge in [0.1, 0.15) is 0 Å². The van der Waals surface area contributed by atoms with Crippen molar-refractivity contribution < 1.29 is 17.9 Å². The molecular formula is C16H24N2O4S. The molecule has 128 valence electrons. The van der Waals surface area contributed by atoms with Crippen molar-refractivity contribution in [2.75, 3.05) is 25.2 Å². The fraction of sp³-hybridized carbons (Fsp3) is 0.562. The fourth-order valence-electron chi connectivity index (χ4n) is 2.62. The molecule has 1 fully saturated rings. The highest BCUT2D eigenvalue weighted by molar-refractivity contribution is 7.91. The summed E-state index contributed by atoms with van der Waals surface area (Å²) in [5, 5.41) is 2.86. The lowest BCUT2D eigenvalue weighted by Crippen LogP contribution is -2.44. The third kappa shape index (κ3) is 4.94. The topological polar surface area (TPSA) is 75.7 Å². The summed E-state index contributed by atoms with van der Waals surface area (Å²) in [5.41, 5.74) is 2.04. The van der Waals surface area contributed by atoms with Crippen LogP contribution in [0.4, 0.5) is 4.79 Å². The van der Waals surface area contributed by atoms with Crippen molar-refractivity contribution in [3.05, 3.63) is 35.4 Å². The second-order valence-electron chi connectivity index (χ2n) is 5.73. The highest BCUT2D eigenvalue weighted by atomic mass is 32.2. The van der Waals surface area contributed by atoms with E-state index >= 15 is 0 Å². The summed E-state index contributed by atoms with van der Waals surface area (Å²) in [4.78, 5) is 13.7. The Bertz CT molecular complexity index is 645. The normalized spacial score (nSPS) is 19.5. The van der Waals surface area contributed by atoms with Crippen molar-refractivity contribution in [2.45, 2.75) is 32.5 Å². The molecule has 0 bridgehead atoms. The van der Waals surface area contributed by atoms with Gasteiger partial charge in [-0.2, -0.15) is 0 Å². The molecule has 1 aliphatic heterocycles. The molecule has 0 aromatic heterocycles. The number of sulfone groups is 1. The van der Waals surface area contributed by atoms with E-state index < -0.39 is 9.84 Å². The van der Waals surface area contributed by atoms with Gasteiger partial charge in [-0.25, -0.2) is 13.2 Å². The van der Waals surface area contributed by atoms with Crippen LogP contribution in [0.5, 0.6) is 0 Å². The maximum Gasteiger partial charge on any atom is 0.317 e. The van der Waals surface area contributed by atoms with Crippen molar-refractivity contribution in [3.8, 4) is 0 Å². The maximum absolute atomic E-state index is 12.2. The Morgan fingerprint density at radius 3 is 2.65 bits per heavy atom. The third-order valence-corrected chi connectivity index (χ3v) is 5.84. The van der Waals surface area contributed by atoms with Crippen LogP contribution >= 0.6 is 0 Å². The SMILES string of the molecule is CCOCc1ccccc1CNC(=O)N(C)[C@H]1CCS(=O)(=O)C1. The number of carbonyl (C=O) groups is 1. The van der Waals surface area contributed by atoms with E-state index in [1.165, 1.54) is 4.90 Å². The van der Waals surface area contributed by atoms with Crippen molar-refractivity contribution in [1.82, 2.24) is 10.2 Å². The molecule has 1 aliphatic rings. The largest absolute Gasteiger partial charge is 0.377 e. The molecule has 1 aromatic carbocycles. The average molecular weight is 340 g/mol. The molecule has 0 unspecified atom stereocenters. The lowest BCUT2D eigenvalue weighted by Gasteiger charge is -2.24. The number of hydrogen-bond donors (Lipinski definition) is 1. The van der Waals surface area contributed by atoms with Gasteiger partial charge in [-0.3, -0.25) is 0 Å². The molecule has 1 atom stereocenters. The van der Waals surface area contributed by atoms with Gasteiger partial charge in [0.15, 0.2) is 9.84 Å². The Balaban J connectivity index is 1.91. The predicted molar refractivity (Wildman–Crippen MR) is 88.8 cm³/mol. The smallest absolute Gasteiger partial charge is 0.317 e. The van der Waals surface area contributed by atoms with Gasteiger partial charge in [-0.1, -0.05) is 24.3 Å². The number of urea groups is 1. The van der Waals surface area contributed by atoms with E-state index in [1.54, 1.807) is 7.05 Å². The van der Waals surface area contributed by atoms with Crippen LogP contribution in [0.25, 0.3) is 0 Å². The monoisotopic (exact) mass is 340 g/mol. The quantitative estimate of drug-likeness (QED) is 0.852. The van der Waals surface area contributed by atoms with Gasteiger partial charge >= 0.3 is 6.03 Å². The van der Waals surface area contributed by atoms with Crippen LogP contribution in [-0.4, -0.2) is 50.6 Å². The first kappa shape index (κ1) is 17.7. The highest BCUT2D eigenvalue weighted by Gasteiger charge is 2.32. The molecule has 2 rings (SSSR count). The van der Waals surface area contributed by atoms with Crippen LogP contribution in [0.3, 0.4) is 0 Å². The lowest BCUT2D eigenvalue weighted by atomic mass is 10.1. The van der Waals surface area contributed by atoms with E-state index in [0.29, 0.717) is 26.2 Å². The zero-order valence-electron chi connectivity index (χ0n) is 13.6. The third-order valence-electron chi connectivity index (χ3n) is 4.09. The molecule has 0 saturated carbocycles. The minimum Gasteiger partial charge on any atom is -0.377 e. The first-order chi connectivity index (χ1) is 10.9. The number of amides is 2. The molecule has 1 aromatic rings. The summed E-state index contributed by atoms with van der Waals surface area (Å²) >= 11 is 0. The van der Waals surface area contributed by atoms with Crippen LogP contribution in [0.2, 0.25) is 0 Å². The van der Waals surface area contributed by atoms with Gasteiger partial charge in [0, 0.05) is 26.2 Å². The molecule has 1 N–H and O–H groups in total. The summed E-state index contributed by atoms with van der Waals surface area (Å²) in [7, 11) is -1.35. The fourth-order valence-corrected chi connectivity index (χ4v) is 4.40. The van der Waals surface area contributed by atoms with Gasteiger partial charge in [0.2, 0.25) is 0 Å². The van der Waals surface area contributed by atoms with E-state index in [1.807, 2.05) is 31.2 Å². The maximum atomic E-state index is 12.2. The van der Waals surface area contributed by atoms with Crippen LogP contribution in [0.1, 0.15) is 24.5 Å². The zero-order valence-corrected chi connectivity index (χ0v) is 14.4. The molecule has 1 saturated heterocycles. The Hall–Kier alpha value is -1.60. The molecular weight excluding hydrogens is 316 g/mol. The number of ether oxygens (including phenoxy) is 1. The highest BCUT2D eigenvalue weighted by Crippen LogP contribution is 2.17.